The third kappa shape index (κ3) is 4.22. The zero-order valence-electron chi connectivity index (χ0n) is 13.1. The SMILES string of the molecule is Cc1cc(NC(=O)CN2CCN(C(=O)c3ccc(Br)s3)CC2)no1. The van der Waals surface area contributed by atoms with Crippen LogP contribution in [0.2, 0.25) is 0 Å². The normalized spacial score (nSPS) is 15.5. The number of nitrogens with zero attached hydrogens (tertiary/aromatic N) is 3. The molecule has 0 aromatic carbocycles. The van der Waals surface area contributed by atoms with E-state index in [1.807, 2.05) is 21.9 Å². The Morgan fingerprint density at radius 3 is 2.67 bits per heavy atom. The van der Waals surface area contributed by atoms with Gasteiger partial charge in [-0.3, -0.25) is 14.5 Å². The molecule has 9 heteroatoms. The van der Waals surface area contributed by atoms with Crippen LogP contribution in [0.15, 0.2) is 26.5 Å². The number of halogens is 1. The number of amides is 2. The van der Waals surface area contributed by atoms with Gasteiger partial charge in [-0.25, -0.2) is 0 Å². The second kappa shape index (κ2) is 7.45. The molecule has 0 unspecified atom stereocenters. The summed E-state index contributed by atoms with van der Waals surface area (Å²) in [6, 6.07) is 5.38. The molecule has 0 atom stereocenters. The maximum atomic E-state index is 12.4. The van der Waals surface area contributed by atoms with Gasteiger partial charge in [-0.2, -0.15) is 0 Å². The van der Waals surface area contributed by atoms with E-state index in [9.17, 15) is 9.59 Å². The molecule has 3 rings (SSSR count). The lowest BCUT2D eigenvalue weighted by Crippen LogP contribution is -2.50. The van der Waals surface area contributed by atoms with Crippen LogP contribution < -0.4 is 5.32 Å². The number of piperazine rings is 1. The molecule has 0 radical (unpaired) electrons. The average Bonchev–Trinajstić information content (AvgIpc) is 3.16. The van der Waals surface area contributed by atoms with Crippen LogP contribution in [0.3, 0.4) is 0 Å². The Labute approximate surface area is 151 Å². The third-order valence-corrected chi connectivity index (χ3v) is 5.32. The first-order chi connectivity index (χ1) is 11.5. The Balaban J connectivity index is 1.46. The first-order valence-corrected chi connectivity index (χ1v) is 9.12. The number of hydrogen-bond acceptors (Lipinski definition) is 6. The van der Waals surface area contributed by atoms with Gasteiger partial charge in [0.05, 0.1) is 15.2 Å². The Kier molecular flexibility index (Phi) is 5.32. The Morgan fingerprint density at radius 1 is 1.33 bits per heavy atom. The maximum absolute atomic E-state index is 12.4. The fourth-order valence-corrected chi connectivity index (χ4v) is 3.86. The highest BCUT2D eigenvalue weighted by Gasteiger charge is 2.24. The molecular weight excluding hydrogens is 396 g/mol. The molecule has 3 heterocycles. The molecule has 0 saturated carbocycles. The first kappa shape index (κ1) is 17.1. The van der Waals surface area contributed by atoms with Gasteiger partial charge in [0, 0.05) is 32.2 Å². The Hall–Kier alpha value is -1.71. The predicted molar refractivity (Wildman–Crippen MR) is 94.2 cm³/mol. The number of anilines is 1. The molecule has 0 spiro atoms. The van der Waals surface area contributed by atoms with Gasteiger partial charge in [0.2, 0.25) is 5.91 Å². The molecule has 128 valence electrons. The minimum atomic E-state index is -0.134. The molecule has 1 fully saturated rings. The van der Waals surface area contributed by atoms with Crippen molar-refractivity contribution in [2.24, 2.45) is 0 Å². The van der Waals surface area contributed by atoms with Crippen molar-refractivity contribution in [3.05, 3.63) is 32.6 Å². The molecule has 2 aromatic heterocycles. The van der Waals surface area contributed by atoms with Gasteiger partial charge in [-0.1, -0.05) is 5.16 Å². The summed E-state index contributed by atoms with van der Waals surface area (Å²) in [5.74, 6) is 0.991. The van der Waals surface area contributed by atoms with Gasteiger partial charge in [0.15, 0.2) is 5.82 Å². The van der Waals surface area contributed by atoms with Crippen LogP contribution in [0.1, 0.15) is 15.4 Å². The molecule has 1 saturated heterocycles. The van der Waals surface area contributed by atoms with E-state index < -0.39 is 0 Å². The lowest BCUT2D eigenvalue weighted by Gasteiger charge is -2.34. The summed E-state index contributed by atoms with van der Waals surface area (Å²) in [5, 5.41) is 6.44. The summed E-state index contributed by atoms with van der Waals surface area (Å²) in [6.45, 7) is 4.62. The minimum Gasteiger partial charge on any atom is -0.360 e. The highest BCUT2D eigenvalue weighted by molar-refractivity contribution is 9.11. The molecule has 2 aromatic rings. The van der Waals surface area contributed by atoms with Gasteiger partial charge in [-0.15, -0.1) is 11.3 Å². The van der Waals surface area contributed by atoms with E-state index in [4.69, 9.17) is 4.52 Å². The van der Waals surface area contributed by atoms with Gasteiger partial charge in [-0.05, 0) is 35.0 Å². The van der Waals surface area contributed by atoms with E-state index in [-0.39, 0.29) is 18.4 Å². The summed E-state index contributed by atoms with van der Waals surface area (Å²) < 4.78 is 5.86. The van der Waals surface area contributed by atoms with Crippen LogP contribution in [0.4, 0.5) is 5.82 Å². The van der Waals surface area contributed by atoms with E-state index in [0.29, 0.717) is 37.8 Å². The molecule has 7 nitrogen and oxygen atoms in total. The number of thiophene rings is 1. The number of carbonyl (C=O) groups is 2. The molecule has 24 heavy (non-hydrogen) atoms. The predicted octanol–water partition coefficient (Wildman–Crippen LogP) is 2.20. The Morgan fingerprint density at radius 2 is 2.08 bits per heavy atom. The van der Waals surface area contributed by atoms with Crippen LogP contribution in [0.25, 0.3) is 0 Å². The summed E-state index contributed by atoms with van der Waals surface area (Å²) in [5.41, 5.74) is 0. The van der Waals surface area contributed by atoms with Crippen molar-refractivity contribution >= 4 is 44.9 Å². The van der Waals surface area contributed by atoms with Gasteiger partial charge in [0.1, 0.15) is 5.76 Å². The van der Waals surface area contributed by atoms with Crippen molar-refractivity contribution in [3.8, 4) is 0 Å². The average molecular weight is 413 g/mol. The van der Waals surface area contributed by atoms with Crippen molar-refractivity contribution in [2.45, 2.75) is 6.92 Å². The zero-order chi connectivity index (χ0) is 17.1. The fourth-order valence-electron chi connectivity index (χ4n) is 2.50. The Bertz CT molecular complexity index is 737. The standard InChI is InChI=1S/C15H17BrN4O3S/c1-10-8-13(18-23-10)17-14(21)9-19-4-6-20(7-5-19)15(22)11-2-3-12(16)24-11/h2-3,8H,4-7,9H2,1H3,(H,17,18,21). The topological polar surface area (TPSA) is 78.7 Å². The number of aromatic nitrogens is 1. The third-order valence-electron chi connectivity index (χ3n) is 3.71. The maximum Gasteiger partial charge on any atom is 0.264 e. The largest absolute Gasteiger partial charge is 0.360 e. The lowest BCUT2D eigenvalue weighted by atomic mass is 10.3. The van der Waals surface area contributed by atoms with E-state index >= 15 is 0 Å². The molecule has 2 amide bonds. The highest BCUT2D eigenvalue weighted by atomic mass is 79.9. The van der Waals surface area contributed by atoms with Gasteiger partial charge >= 0.3 is 0 Å². The van der Waals surface area contributed by atoms with Crippen molar-refractivity contribution < 1.29 is 14.1 Å². The molecule has 0 aliphatic carbocycles. The van der Waals surface area contributed by atoms with Crippen LogP contribution in [0, 0.1) is 6.92 Å². The van der Waals surface area contributed by atoms with Crippen molar-refractivity contribution in [1.29, 1.82) is 0 Å². The molecular formula is C15H17BrN4O3S. The van der Waals surface area contributed by atoms with Crippen molar-refractivity contribution in [2.75, 3.05) is 38.0 Å². The van der Waals surface area contributed by atoms with Crippen molar-refractivity contribution in [3.63, 3.8) is 0 Å². The van der Waals surface area contributed by atoms with Crippen LogP contribution in [-0.4, -0.2) is 59.5 Å². The number of aryl methyl sites for hydroxylation is 1. The molecule has 1 N–H and O–H groups in total. The number of rotatable bonds is 4. The number of carbonyl (C=O) groups excluding carboxylic acids is 2. The van der Waals surface area contributed by atoms with E-state index in [1.54, 1.807) is 13.0 Å². The van der Waals surface area contributed by atoms with Crippen LogP contribution in [-0.2, 0) is 4.79 Å². The molecule has 1 aliphatic heterocycles. The zero-order valence-corrected chi connectivity index (χ0v) is 15.5. The van der Waals surface area contributed by atoms with Gasteiger partial charge < -0.3 is 14.7 Å². The summed E-state index contributed by atoms with van der Waals surface area (Å²) >= 11 is 4.81. The van der Waals surface area contributed by atoms with Crippen LogP contribution >= 0.6 is 27.3 Å². The van der Waals surface area contributed by atoms with Gasteiger partial charge in [0.25, 0.3) is 5.91 Å². The van der Waals surface area contributed by atoms with E-state index in [2.05, 4.69) is 26.4 Å². The minimum absolute atomic E-state index is 0.0490. The smallest absolute Gasteiger partial charge is 0.264 e. The molecule has 1 aliphatic rings. The molecule has 0 bridgehead atoms. The summed E-state index contributed by atoms with van der Waals surface area (Å²) in [6.07, 6.45) is 0. The van der Waals surface area contributed by atoms with Crippen molar-refractivity contribution in [1.82, 2.24) is 15.0 Å². The number of hydrogen-bond donors (Lipinski definition) is 1. The van der Waals surface area contributed by atoms with Crippen LogP contribution in [0.5, 0.6) is 0 Å². The summed E-state index contributed by atoms with van der Waals surface area (Å²) in [7, 11) is 0. The van der Waals surface area contributed by atoms with E-state index in [1.165, 1.54) is 11.3 Å². The highest BCUT2D eigenvalue weighted by Crippen LogP contribution is 2.23. The fraction of sp³-hybridized carbons (Fsp3) is 0.400. The first-order valence-electron chi connectivity index (χ1n) is 7.51. The summed E-state index contributed by atoms with van der Waals surface area (Å²) in [4.78, 5) is 29.0. The quantitative estimate of drug-likeness (QED) is 0.832. The lowest BCUT2D eigenvalue weighted by molar-refractivity contribution is -0.117. The second-order valence-corrected chi connectivity index (χ2v) is 8.01. The second-order valence-electron chi connectivity index (χ2n) is 5.54. The monoisotopic (exact) mass is 412 g/mol. The van der Waals surface area contributed by atoms with E-state index in [0.717, 1.165) is 8.66 Å². The number of nitrogens with one attached hydrogen (secondary N) is 1.